The van der Waals surface area contributed by atoms with Crippen LogP contribution in [-0.4, -0.2) is 30.0 Å². The first kappa shape index (κ1) is 21.0. The predicted octanol–water partition coefficient (Wildman–Crippen LogP) is 2.07. The Hall–Kier alpha value is -2.30. The molecular formula is C17H22N2O6S2. The smallest absolute Gasteiger partial charge is 0.262 e. The highest BCUT2D eigenvalue weighted by molar-refractivity contribution is 7.92. The van der Waals surface area contributed by atoms with E-state index in [9.17, 15) is 16.8 Å². The fourth-order valence-electron chi connectivity index (χ4n) is 2.31. The SMILES string of the molecule is CCOc1ccc(S(=O)(=O)Nc2ccc(CS(N)(=O)=O)cc2)cc1OCC. The van der Waals surface area contributed by atoms with E-state index in [2.05, 4.69) is 4.72 Å². The molecule has 0 atom stereocenters. The third kappa shape index (κ3) is 6.12. The van der Waals surface area contributed by atoms with Crippen molar-refractivity contribution in [2.24, 2.45) is 5.14 Å². The van der Waals surface area contributed by atoms with Gasteiger partial charge in [0.2, 0.25) is 10.0 Å². The minimum Gasteiger partial charge on any atom is -0.490 e. The largest absolute Gasteiger partial charge is 0.490 e. The third-order valence-corrected chi connectivity index (χ3v) is 5.51. The first-order valence-electron chi connectivity index (χ1n) is 8.16. The van der Waals surface area contributed by atoms with Gasteiger partial charge in [-0.25, -0.2) is 22.0 Å². The van der Waals surface area contributed by atoms with E-state index in [1.165, 1.54) is 42.5 Å². The van der Waals surface area contributed by atoms with Crippen molar-refractivity contribution in [3.05, 3.63) is 48.0 Å². The molecule has 0 aromatic heterocycles. The van der Waals surface area contributed by atoms with E-state index in [1.807, 2.05) is 6.92 Å². The lowest BCUT2D eigenvalue weighted by molar-refractivity contribution is 0.287. The first-order chi connectivity index (χ1) is 12.6. The summed E-state index contributed by atoms with van der Waals surface area (Å²) in [5.41, 5.74) is 0.750. The van der Waals surface area contributed by atoms with E-state index < -0.39 is 20.0 Å². The van der Waals surface area contributed by atoms with Crippen molar-refractivity contribution in [3.8, 4) is 11.5 Å². The second-order valence-electron chi connectivity index (χ2n) is 5.58. The van der Waals surface area contributed by atoms with E-state index >= 15 is 0 Å². The molecule has 0 spiro atoms. The molecule has 0 radical (unpaired) electrons. The van der Waals surface area contributed by atoms with Crippen molar-refractivity contribution in [2.45, 2.75) is 24.5 Å². The normalized spacial score (nSPS) is 11.8. The quantitative estimate of drug-likeness (QED) is 0.647. The Morgan fingerprint density at radius 2 is 1.48 bits per heavy atom. The van der Waals surface area contributed by atoms with Crippen LogP contribution in [0.15, 0.2) is 47.4 Å². The molecular weight excluding hydrogens is 392 g/mol. The molecule has 10 heteroatoms. The lowest BCUT2D eigenvalue weighted by atomic mass is 10.2. The Morgan fingerprint density at radius 1 is 0.889 bits per heavy atom. The Kier molecular flexibility index (Phi) is 6.68. The monoisotopic (exact) mass is 414 g/mol. The van der Waals surface area contributed by atoms with Gasteiger partial charge >= 0.3 is 0 Å². The van der Waals surface area contributed by atoms with Crippen molar-refractivity contribution in [1.29, 1.82) is 0 Å². The van der Waals surface area contributed by atoms with E-state index in [1.54, 1.807) is 6.92 Å². The molecule has 3 N–H and O–H groups in total. The Labute approximate surface area is 159 Å². The highest BCUT2D eigenvalue weighted by atomic mass is 32.2. The fraction of sp³-hybridized carbons (Fsp3) is 0.294. The van der Waals surface area contributed by atoms with Crippen LogP contribution < -0.4 is 19.3 Å². The van der Waals surface area contributed by atoms with Gasteiger partial charge in [-0.15, -0.1) is 0 Å². The second-order valence-corrected chi connectivity index (χ2v) is 8.88. The molecule has 2 rings (SSSR count). The summed E-state index contributed by atoms with van der Waals surface area (Å²) in [4.78, 5) is 0.0167. The number of hydrogen-bond acceptors (Lipinski definition) is 6. The molecule has 8 nitrogen and oxygen atoms in total. The fourth-order valence-corrected chi connectivity index (χ4v) is 4.04. The average Bonchev–Trinajstić information content (AvgIpc) is 2.57. The molecule has 148 valence electrons. The van der Waals surface area contributed by atoms with E-state index in [0.29, 0.717) is 36.0 Å². The van der Waals surface area contributed by atoms with E-state index in [-0.39, 0.29) is 10.6 Å². The summed E-state index contributed by atoms with van der Waals surface area (Å²) >= 11 is 0. The number of primary sulfonamides is 1. The highest BCUT2D eigenvalue weighted by Crippen LogP contribution is 2.31. The summed E-state index contributed by atoms with van der Waals surface area (Å²) in [6.45, 7) is 4.40. The van der Waals surface area contributed by atoms with Gasteiger partial charge in [-0.3, -0.25) is 4.72 Å². The highest BCUT2D eigenvalue weighted by Gasteiger charge is 2.18. The summed E-state index contributed by atoms with van der Waals surface area (Å²) in [6.07, 6.45) is 0. The molecule has 27 heavy (non-hydrogen) atoms. The van der Waals surface area contributed by atoms with Crippen LogP contribution in [0.25, 0.3) is 0 Å². The molecule has 0 aliphatic heterocycles. The lowest BCUT2D eigenvalue weighted by Crippen LogP contribution is -2.15. The number of benzene rings is 2. The van der Waals surface area contributed by atoms with Crippen molar-refractivity contribution >= 4 is 25.7 Å². The summed E-state index contributed by atoms with van der Waals surface area (Å²) in [5.74, 6) is 0.479. The van der Waals surface area contributed by atoms with E-state index in [4.69, 9.17) is 14.6 Å². The van der Waals surface area contributed by atoms with Crippen LogP contribution in [0.4, 0.5) is 5.69 Å². The maximum atomic E-state index is 12.6. The van der Waals surface area contributed by atoms with Crippen LogP contribution in [0.2, 0.25) is 0 Å². The van der Waals surface area contributed by atoms with Crippen molar-refractivity contribution in [2.75, 3.05) is 17.9 Å². The van der Waals surface area contributed by atoms with Gasteiger partial charge in [0, 0.05) is 11.8 Å². The second kappa shape index (κ2) is 8.59. The minimum absolute atomic E-state index is 0.0167. The Morgan fingerprint density at radius 3 is 2.04 bits per heavy atom. The summed E-state index contributed by atoms with van der Waals surface area (Å²) in [6, 6.07) is 10.3. The molecule has 0 heterocycles. The van der Waals surface area contributed by atoms with Crippen LogP contribution >= 0.6 is 0 Å². The zero-order valence-electron chi connectivity index (χ0n) is 15.0. The first-order valence-corrected chi connectivity index (χ1v) is 11.4. The van der Waals surface area contributed by atoms with Gasteiger partial charge < -0.3 is 9.47 Å². The number of rotatable bonds is 9. The van der Waals surface area contributed by atoms with Crippen LogP contribution in [0.5, 0.6) is 11.5 Å². The van der Waals surface area contributed by atoms with E-state index in [0.717, 1.165) is 0 Å². The summed E-state index contributed by atoms with van der Waals surface area (Å²) < 4.78 is 60.8. The summed E-state index contributed by atoms with van der Waals surface area (Å²) in [7, 11) is -7.51. The van der Waals surface area contributed by atoms with Crippen LogP contribution in [0.3, 0.4) is 0 Å². The third-order valence-electron chi connectivity index (χ3n) is 3.40. The number of hydrogen-bond donors (Lipinski definition) is 2. The van der Waals surface area contributed by atoms with Gasteiger partial charge in [0.25, 0.3) is 10.0 Å². The standard InChI is InChI=1S/C17H22N2O6S2/c1-3-24-16-10-9-15(11-17(16)25-4-2)27(22,23)19-14-7-5-13(6-8-14)12-26(18,20)21/h5-11,19H,3-4,12H2,1-2H3,(H2,18,20,21). The van der Waals surface area contributed by atoms with Gasteiger partial charge in [0.15, 0.2) is 11.5 Å². The van der Waals surface area contributed by atoms with Crippen LogP contribution in [0, 0.1) is 0 Å². The Balaban J connectivity index is 2.24. The molecule has 0 saturated carbocycles. The zero-order chi connectivity index (χ0) is 20.1. The molecule has 0 unspecified atom stereocenters. The number of sulfonamides is 2. The predicted molar refractivity (Wildman–Crippen MR) is 103 cm³/mol. The van der Waals surface area contributed by atoms with Crippen molar-refractivity contribution in [3.63, 3.8) is 0 Å². The van der Waals surface area contributed by atoms with Crippen LogP contribution in [0.1, 0.15) is 19.4 Å². The van der Waals surface area contributed by atoms with Crippen LogP contribution in [-0.2, 0) is 25.8 Å². The van der Waals surface area contributed by atoms with Crippen molar-refractivity contribution in [1.82, 2.24) is 0 Å². The molecule has 2 aromatic carbocycles. The zero-order valence-corrected chi connectivity index (χ0v) is 16.6. The molecule has 2 aromatic rings. The number of nitrogens with two attached hydrogens (primary N) is 1. The average molecular weight is 415 g/mol. The lowest BCUT2D eigenvalue weighted by Gasteiger charge is -2.13. The number of nitrogens with one attached hydrogen (secondary N) is 1. The molecule has 0 bridgehead atoms. The van der Waals surface area contributed by atoms with Gasteiger partial charge in [0.1, 0.15) is 0 Å². The Bertz CT molecular complexity index is 987. The van der Waals surface area contributed by atoms with Gasteiger partial charge in [-0.2, -0.15) is 0 Å². The molecule has 0 amide bonds. The molecule has 0 aliphatic rings. The molecule has 0 aliphatic carbocycles. The molecule has 0 saturated heterocycles. The maximum Gasteiger partial charge on any atom is 0.262 e. The topological polar surface area (TPSA) is 125 Å². The van der Waals surface area contributed by atoms with Gasteiger partial charge in [0.05, 0.1) is 23.9 Å². The number of anilines is 1. The van der Waals surface area contributed by atoms with Gasteiger partial charge in [-0.05, 0) is 43.7 Å². The summed E-state index contributed by atoms with van der Waals surface area (Å²) in [5, 5.41) is 4.99. The molecule has 0 fully saturated rings. The van der Waals surface area contributed by atoms with Crippen molar-refractivity contribution < 1.29 is 26.3 Å². The maximum absolute atomic E-state index is 12.6. The number of ether oxygens (including phenoxy) is 2. The van der Waals surface area contributed by atoms with Gasteiger partial charge in [-0.1, -0.05) is 12.1 Å². The minimum atomic E-state index is -3.86.